The Bertz CT molecular complexity index is 671. The second-order valence-corrected chi connectivity index (χ2v) is 6.40. The van der Waals surface area contributed by atoms with Gasteiger partial charge in [0.25, 0.3) is 0 Å². The Balaban J connectivity index is 2.41. The number of dihydropyridines is 1. The lowest BCUT2D eigenvalue weighted by atomic mass is 9.95. The number of thioether (sulfide) groups is 1. The van der Waals surface area contributed by atoms with Gasteiger partial charge in [0.2, 0.25) is 0 Å². The van der Waals surface area contributed by atoms with Gasteiger partial charge in [-0.1, -0.05) is 49.5 Å². The Morgan fingerprint density at radius 3 is 2.43 bits per heavy atom. The first-order chi connectivity index (χ1) is 11.0. The number of hydrogen-bond acceptors (Lipinski definition) is 3. The number of benzene rings is 1. The van der Waals surface area contributed by atoms with Crippen LogP contribution in [0.4, 0.5) is 5.69 Å². The minimum Gasteiger partial charge on any atom is -0.358 e. The molecule has 0 fully saturated rings. The number of amidine groups is 1. The van der Waals surface area contributed by atoms with Crippen LogP contribution in [0.2, 0.25) is 0 Å². The summed E-state index contributed by atoms with van der Waals surface area (Å²) < 4.78 is 0. The molecule has 1 aromatic rings. The van der Waals surface area contributed by atoms with Crippen molar-refractivity contribution in [3.05, 3.63) is 65.7 Å². The van der Waals surface area contributed by atoms with Crippen LogP contribution in [-0.4, -0.2) is 18.5 Å². The van der Waals surface area contributed by atoms with Crippen molar-refractivity contribution in [2.24, 2.45) is 10.9 Å². The molecule has 4 heteroatoms. The molecule has 1 N–H and O–H groups in total. The highest BCUT2D eigenvalue weighted by atomic mass is 32.2. The van der Waals surface area contributed by atoms with Gasteiger partial charge in [0.1, 0.15) is 0 Å². The summed E-state index contributed by atoms with van der Waals surface area (Å²) in [5, 5.41) is 4.40. The Morgan fingerprint density at radius 1 is 1.26 bits per heavy atom. The number of para-hydroxylation sites is 1. The first kappa shape index (κ1) is 17.4. The molecule has 1 atom stereocenters. The van der Waals surface area contributed by atoms with Gasteiger partial charge in [-0.15, -0.1) is 0 Å². The Hall–Kier alpha value is -1.94. The summed E-state index contributed by atoms with van der Waals surface area (Å²) in [5.41, 5.74) is 5.57. The predicted octanol–water partition coefficient (Wildman–Crippen LogP) is 4.77. The molecule has 0 aromatic heterocycles. The summed E-state index contributed by atoms with van der Waals surface area (Å²) in [5.74, 6) is 0.400. The molecular weight excluding hydrogens is 302 g/mol. The van der Waals surface area contributed by atoms with Crippen LogP contribution < -0.4 is 10.2 Å². The van der Waals surface area contributed by atoms with E-state index in [0.717, 1.165) is 22.2 Å². The van der Waals surface area contributed by atoms with Crippen LogP contribution in [0.3, 0.4) is 0 Å². The molecule has 2 rings (SSSR count). The zero-order chi connectivity index (χ0) is 17.0. The number of aliphatic imine (C=N–C) groups is 1. The lowest BCUT2D eigenvalue weighted by Crippen LogP contribution is -2.33. The van der Waals surface area contributed by atoms with Crippen LogP contribution in [0.5, 0.6) is 0 Å². The molecule has 3 nitrogen and oxygen atoms in total. The molecule has 1 unspecified atom stereocenters. The second kappa shape index (κ2) is 7.55. The van der Waals surface area contributed by atoms with Gasteiger partial charge in [-0.3, -0.25) is 9.89 Å². The van der Waals surface area contributed by atoms with E-state index >= 15 is 0 Å². The Kier molecular flexibility index (Phi) is 5.72. The van der Waals surface area contributed by atoms with E-state index in [4.69, 9.17) is 0 Å². The molecule has 0 bridgehead atoms. The van der Waals surface area contributed by atoms with Crippen molar-refractivity contribution in [1.82, 2.24) is 5.32 Å². The van der Waals surface area contributed by atoms with Gasteiger partial charge in [0.05, 0.1) is 11.4 Å². The smallest absolute Gasteiger partial charge is 0.167 e. The van der Waals surface area contributed by atoms with E-state index in [0.29, 0.717) is 5.92 Å². The van der Waals surface area contributed by atoms with Gasteiger partial charge in [-0.25, -0.2) is 0 Å². The average molecular weight is 327 g/mol. The van der Waals surface area contributed by atoms with Gasteiger partial charge in [0.15, 0.2) is 5.17 Å². The first-order valence-electron chi connectivity index (χ1n) is 7.71. The van der Waals surface area contributed by atoms with Crippen molar-refractivity contribution in [2.75, 3.05) is 18.2 Å². The summed E-state index contributed by atoms with van der Waals surface area (Å²) in [7, 11) is 1.82. The zero-order valence-electron chi connectivity index (χ0n) is 14.6. The molecule has 1 heterocycles. The normalized spacial score (nSPS) is 18.4. The Labute approximate surface area is 143 Å². The molecular formula is C19H25N3S. The highest BCUT2D eigenvalue weighted by Gasteiger charge is 2.22. The fourth-order valence-electron chi connectivity index (χ4n) is 2.59. The quantitative estimate of drug-likeness (QED) is 0.640. The standard InChI is InChI=1S/C19H25N3S/c1-13-12-18(21-15(3)14(13)2)16(4)22(19(20-5)23-6)17-10-8-7-9-11-17/h7-13,21H,4H2,1-3,5-6H3. The van der Waals surface area contributed by atoms with Gasteiger partial charge in [-0.05, 0) is 43.7 Å². The summed E-state index contributed by atoms with van der Waals surface area (Å²) in [6, 6.07) is 10.2. The van der Waals surface area contributed by atoms with Gasteiger partial charge in [-0.2, -0.15) is 0 Å². The van der Waals surface area contributed by atoms with Crippen LogP contribution in [-0.2, 0) is 0 Å². The molecule has 23 heavy (non-hydrogen) atoms. The number of nitrogens with zero attached hydrogens (tertiary/aromatic N) is 2. The molecule has 1 aromatic carbocycles. The monoisotopic (exact) mass is 327 g/mol. The lowest BCUT2D eigenvalue weighted by Gasteiger charge is -2.32. The number of rotatable bonds is 3. The van der Waals surface area contributed by atoms with Crippen molar-refractivity contribution in [2.45, 2.75) is 20.8 Å². The molecule has 0 spiro atoms. The maximum Gasteiger partial charge on any atom is 0.167 e. The number of allylic oxidation sites excluding steroid dienone is 3. The van der Waals surface area contributed by atoms with Gasteiger partial charge >= 0.3 is 0 Å². The maximum absolute atomic E-state index is 4.43. The van der Waals surface area contributed by atoms with E-state index in [1.165, 1.54) is 11.3 Å². The van der Waals surface area contributed by atoms with Crippen molar-refractivity contribution in [3.8, 4) is 0 Å². The van der Waals surface area contributed by atoms with E-state index in [1.807, 2.05) is 31.5 Å². The Morgan fingerprint density at radius 2 is 1.91 bits per heavy atom. The van der Waals surface area contributed by atoms with Crippen molar-refractivity contribution >= 4 is 22.6 Å². The van der Waals surface area contributed by atoms with Crippen LogP contribution in [0.1, 0.15) is 20.8 Å². The summed E-state index contributed by atoms with van der Waals surface area (Å²) in [6.45, 7) is 10.8. The van der Waals surface area contributed by atoms with Crippen molar-refractivity contribution in [1.29, 1.82) is 0 Å². The summed E-state index contributed by atoms with van der Waals surface area (Å²) in [6.07, 6.45) is 4.26. The van der Waals surface area contributed by atoms with Gasteiger partial charge in [0, 0.05) is 18.4 Å². The van der Waals surface area contributed by atoms with E-state index in [1.54, 1.807) is 11.8 Å². The first-order valence-corrected chi connectivity index (χ1v) is 8.93. The van der Waals surface area contributed by atoms with E-state index in [2.05, 4.69) is 60.8 Å². The molecule has 1 aliphatic heterocycles. The van der Waals surface area contributed by atoms with E-state index in [9.17, 15) is 0 Å². The molecule has 0 amide bonds. The van der Waals surface area contributed by atoms with Gasteiger partial charge < -0.3 is 5.32 Å². The zero-order valence-corrected chi connectivity index (χ0v) is 15.4. The number of hydrogen-bond donors (Lipinski definition) is 1. The minimum absolute atomic E-state index is 0.400. The summed E-state index contributed by atoms with van der Waals surface area (Å²) >= 11 is 1.62. The minimum atomic E-state index is 0.400. The molecule has 0 saturated carbocycles. The third-order valence-electron chi connectivity index (χ3n) is 4.17. The summed E-state index contributed by atoms with van der Waals surface area (Å²) in [4.78, 5) is 6.53. The van der Waals surface area contributed by atoms with E-state index < -0.39 is 0 Å². The number of anilines is 1. The largest absolute Gasteiger partial charge is 0.358 e. The third-order valence-corrected chi connectivity index (χ3v) is 4.90. The van der Waals surface area contributed by atoms with Crippen molar-refractivity contribution in [3.63, 3.8) is 0 Å². The fraction of sp³-hybridized carbons (Fsp3) is 0.316. The van der Waals surface area contributed by atoms with Crippen LogP contribution in [0.25, 0.3) is 0 Å². The third kappa shape index (κ3) is 3.70. The molecule has 1 aliphatic rings. The van der Waals surface area contributed by atoms with Crippen LogP contribution in [0, 0.1) is 5.92 Å². The molecule has 122 valence electrons. The van der Waals surface area contributed by atoms with Crippen molar-refractivity contribution < 1.29 is 0 Å². The average Bonchev–Trinajstić information content (AvgIpc) is 2.57. The fourth-order valence-corrected chi connectivity index (χ4v) is 3.17. The molecule has 0 aliphatic carbocycles. The SMILES string of the molecule is C=C(C1=CC(C)C(C)=C(C)N1)N(C(=NC)SC)c1ccccc1. The molecule has 0 saturated heterocycles. The van der Waals surface area contributed by atoms with Crippen LogP contribution >= 0.6 is 11.8 Å². The molecule has 0 radical (unpaired) electrons. The van der Waals surface area contributed by atoms with E-state index in [-0.39, 0.29) is 0 Å². The van der Waals surface area contributed by atoms with Crippen LogP contribution in [0.15, 0.2) is 70.6 Å². The second-order valence-electron chi connectivity index (χ2n) is 5.63. The lowest BCUT2D eigenvalue weighted by molar-refractivity contribution is 0.756. The highest BCUT2D eigenvalue weighted by Crippen LogP contribution is 2.30. The number of nitrogens with one attached hydrogen (secondary N) is 1. The maximum atomic E-state index is 4.43. The predicted molar refractivity (Wildman–Crippen MR) is 104 cm³/mol. The topological polar surface area (TPSA) is 27.6 Å². The highest BCUT2D eigenvalue weighted by molar-refractivity contribution is 8.13.